The summed E-state index contributed by atoms with van der Waals surface area (Å²) in [5.74, 6) is 0.352. The van der Waals surface area contributed by atoms with Crippen LogP contribution in [0.1, 0.15) is 15.9 Å². The highest BCUT2D eigenvalue weighted by Crippen LogP contribution is 2.39. The highest BCUT2D eigenvalue weighted by molar-refractivity contribution is 5.90. The Morgan fingerprint density at radius 1 is 1.05 bits per heavy atom. The zero-order chi connectivity index (χ0) is 14.7. The van der Waals surface area contributed by atoms with Crippen molar-refractivity contribution in [3.8, 4) is 22.6 Å². The number of benzene rings is 2. The first-order valence-corrected chi connectivity index (χ1v) is 6.13. The van der Waals surface area contributed by atoms with E-state index in [2.05, 4.69) is 0 Å². The molecule has 20 heavy (non-hydrogen) atoms. The van der Waals surface area contributed by atoms with Crippen molar-refractivity contribution in [2.45, 2.75) is 6.92 Å². The maximum atomic E-state index is 11.1. The second kappa shape index (κ2) is 5.65. The maximum Gasteiger partial charge on any atom is 0.335 e. The second-order valence-corrected chi connectivity index (χ2v) is 4.43. The van der Waals surface area contributed by atoms with Gasteiger partial charge in [0.2, 0.25) is 0 Å². The van der Waals surface area contributed by atoms with Crippen LogP contribution in [0.15, 0.2) is 36.4 Å². The number of carbonyl (C=O) groups is 1. The molecule has 0 fully saturated rings. The van der Waals surface area contributed by atoms with E-state index in [1.165, 1.54) is 0 Å². The van der Waals surface area contributed by atoms with Gasteiger partial charge in [-0.2, -0.15) is 0 Å². The van der Waals surface area contributed by atoms with Crippen LogP contribution in [-0.4, -0.2) is 25.3 Å². The van der Waals surface area contributed by atoms with Gasteiger partial charge in [0.1, 0.15) is 11.5 Å². The van der Waals surface area contributed by atoms with Crippen molar-refractivity contribution in [1.29, 1.82) is 0 Å². The van der Waals surface area contributed by atoms with Gasteiger partial charge in [-0.3, -0.25) is 0 Å². The molecule has 0 unspecified atom stereocenters. The maximum absolute atomic E-state index is 11.1. The lowest BCUT2D eigenvalue weighted by Crippen LogP contribution is -1.98. The van der Waals surface area contributed by atoms with Crippen molar-refractivity contribution in [3.63, 3.8) is 0 Å². The van der Waals surface area contributed by atoms with Crippen LogP contribution in [0, 0.1) is 6.92 Å². The summed E-state index contributed by atoms with van der Waals surface area (Å²) in [5.41, 5.74) is 2.74. The molecule has 0 heterocycles. The fraction of sp³-hybridized carbons (Fsp3) is 0.188. The predicted octanol–water partition coefficient (Wildman–Crippen LogP) is 3.38. The molecule has 0 radical (unpaired) electrons. The van der Waals surface area contributed by atoms with Crippen LogP contribution in [0.5, 0.6) is 11.5 Å². The SMILES string of the molecule is COc1cc(C)cc(OC)c1-c1cccc(C(=O)O)c1. The molecule has 0 aliphatic rings. The standard InChI is InChI=1S/C16H16O4/c1-10-7-13(19-2)15(14(8-10)20-3)11-5-4-6-12(9-11)16(17)18/h4-9H,1-3H3,(H,17,18). The topological polar surface area (TPSA) is 55.8 Å². The van der Waals surface area contributed by atoms with Crippen LogP contribution >= 0.6 is 0 Å². The van der Waals surface area contributed by atoms with Gasteiger partial charge < -0.3 is 14.6 Å². The smallest absolute Gasteiger partial charge is 0.335 e. The molecule has 104 valence electrons. The van der Waals surface area contributed by atoms with Crippen molar-refractivity contribution in [3.05, 3.63) is 47.5 Å². The molecule has 4 nitrogen and oxygen atoms in total. The first-order chi connectivity index (χ1) is 9.56. The predicted molar refractivity (Wildman–Crippen MR) is 76.7 cm³/mol. The van der Waals surface area contributed by atoms with Crippen LogP contribution in [0.3, 0.4) is 0 Å². The Bertz CT molecular complexity index is 622. The number of aromatic carboxylic acids is 1. The van der Waals surface area contributed by atoms with Gasteiger partial charge in [-0.1, -0.05) is 12.1 Å². The molecule has 0 amide bonds. The molecular formula is C16H16O4. The van der Waals surface area contributed by atoms with E-state index in [4.69, 9.17) is 14.6 Å². The normalized spacial score (nSPS) is 10.2. The average molecular weight is 272 g/mol. The molecule has 0 aromatic heterocycles. The van der Waals surface area contributed by atoms with Gasteiger partial charge in [0.15, 0.2) is 0 Å². The second-order valence-electron chi connectivity index (χ2n) is 4.43. The summed E-state index contributed by atoms with van der Waals surface area (Å²) in [6.45, 7) is 1.95. The Morgan fingerprint density at radius 3 is 2.15 bits per heavy atom. The Morgan fingerprint density at radius 2 is 1.65 bits per heavy atom. The van der Waals surface area contributed by atoms with Gasteiger partial charge in [-0.05, 0) is 42.3 Å². The van der Waals surface area contributed by atoms with E-state index in [1.807, 2.05) is 25.1 Å². The van der Waals surface area contributed by atoms with E-state index in [9.17, 15) is 4.79 Å². The number of hydrogen-bond acceptors (Lipinski definition) is 3. The minimum Gasteiger partial charge on any atom is -0.496 e. The van der Waals surface area contributed by atoms with Crippen molar-refractivity contribution in [2.24, 2.45) is 0 Å². The number of methoxy groups -OCH3 is 2. The first-order valence-electron chi connectivity index (χ1n) is 6.13. The molecule has 2 aromatic carbocycles. The van der Waals surface area contributed by atoms with E-state index in [0.29, 0.717) is 11.5 Å². The van der Waals surface area contributed by atoms with E-state index in [0.717, 1.165) is 16.7 Å². The molecule has 0 saturated heterocycles. The molecule has 0 aliphatic carbocycles. The molecule has 2 rings (SSSR count). The van der Waals surface area contributed by atoms with E-state index in [1.54, 1.807) is 32.4 Å². The minimum absolute atomic E-state index is 0.229. The molecule has 0 spiro atoms. The Hall–Kier alpha value is -2.49. The Kier molecular flexibility index (Phi) is 3.94. The van der Waals surface area contributed by atoms with Crippen LogP contribution in [0.4, 0.5) is 0 Å². The summed E-state index contributed by atoms with van der Waals surface area (Å²) in [5, 5.41) is 9.09. The van der Waals surface area contributed by atoms with Crippen LogP contribution in [0.2, 0.25) is 0 Å². The fourth-order valence-electron chi connectivity index (χ4n) is 2.14. The van der Waals surface area contributed by atoms with Gasteiger partial charge in [0, 0.05) is 0 Å². The number of ether oxygens (including phenoxy) is 2. The number of rotatable bonds is 4. The van der Waals surface area contributed by atoms with Crippen molar-refractivity contribution >= 4 is 5.97 Å². The summed E-state index contributed by atoms with van der Waals surface area (Å²) in [6, 6.07) is 10.5. The van der Waals surface area contributed by atoms with Gasteiger partial charge in [0.05, 0.1) is 25.3 Å². The highest BCUT2D eigenvalue weighted by Gasteiger charge is 2.15. The highest BCUT2D eigenvalue weighted by atomic mass is 16.5. The molecule has 1 N–H and O–H groups in total. The molecule has 0 saturated carbocycles. The molecule has 2 aromatic rings. The summed E-state index contributed by atoms with van der Waals surface area (Å²) in [6.07, 6.45) is 0. The summed E-state index contributed by atoms with van der Waals surface area (Å²) in [4.78, 5) is 11.1. The molecular weight excluding hydrogens is 256 g/mol. The zero-order valence-electron chi connectivity index (χ0n) is 11.6. The van der Waals surface area contributed by atoms with Crippen molar-refractivity contribution < 1.29 is 19.4 Å². The molecule has 0 bridgehead atoms. The third-order valence-corrected chi connectivity index (χ3v) is 3.05. The third-order valence-electron chi connectivity index (χ3n) is 3.05. The molecule has 0 aliphatic heterocycles. The first kappa shape index (κ1) is 13.9. The largest absolute Gasteiger partial charge is 0.496 e. The number of carboxylic acid groups (broad SMARTS) is 1. The van der Waals surface area contributed by atoms with Crippen LogP contribution in [-0.2, 0) is 0 Å². The summed E-state index contributed by atoms with van der Waals surface area (Å²) in [7, 11) is 3.16. The minimum atomic E-state index is -0.961. The number of carboxylic acids is 1. The lowest BCUT2D eigenvalue weighted by molar-refractivity contribution is 0.0697. The van der Waals surface area contributed by atoms with E-state index >= 15 is 0 Å². The van der Waals surface area contributed by atoms with Gasteiger partial charge in [0.25, 0.3) is 0 Å². The summed E-state index contributed by atoms with van der Waals surface area (Å²) < 4.78 is 10.8. The van der Waals surface area contributed by atoms with E-state index < -0.39 is 5.97 Å². The van der Waals surface area contributed by atoms with Crippen molar-refractivity contribution in [2.75, 3.05) is 14.2 Å². The number of hydrogen-bond donors (Lipinski definition) is 1. The average Bonchev–Trinajstić information content (AvgIpc) is 2.46. The summed E-state index contributed by atoms with van der Waals surface area (Å²) >= 11 is 0. The van der Waals surface area contributed by atoms with Gasteiger partial charge >= 0.3 is 5.97 Å². The fourth-order valence-corrected chi connectivity index (χ4v) is 2.14. The Labute approximate surface area is 117 Å². The molecule has 4 heteroatoms. The lowest BCUT2D eigenvalue weighted by atomic mass is 9.99. The van der Waals surface area contributed by atoms with Crippen molar-refractivity contribution in [1.82, 2.24) is 0 Å². The molecule has 0 atom stereocenters. The lowest BCUT2D eigenvalue weighted by Gasteiger charge is -2.15. The third kappa shape index (κ3) is 2.59. The van der Waals surface area contributed by atoms with Crippen LogP contribution in [0.25, 0.3) is 11.1 Å². The quantitative estimate of drug-likeness (QED) is 0.927. The zero-order valence-corrected chi connectivity index (χ0v) is 11.6. The van der Waals surface area contributed by atoms with Crippen LogP contribution < -0.4 is 9.47 Å². The van der Waals surface area contributed by atoms with E-state index in [-0.39, 0.29) is 5.56 Å². The number of aryl methyl sites for hydroxylation is 1. The van der Waals surface area contributed by atoms with Gasteiger partial charge in [-0.15, -0.1) is 0 Å². The van der Waals surface area contributed by atoms with Gasteiger partial charge in [-0.25, -0.2) is 4.79 Å². The Balaban J connectivity index is 2.67. The monoisotopic (exact) mass is 272 g/mol.